The first kappa shape index (κ1) is 13.9. The van der Waals surface area contributed by atoms with Gasteiger partial charge in [0.05, 0.1) is 18.2 Å². The van der Waals surface area contributed by atoms with Crippen LogP contribution in [0, 0.1) is 13.8 Å². The molecule has 0 atom stereocenters. The minimum atomic E-state index is 0.498. The highest BCUT2D eigenvalue weighted by atomic mass is 79.9. The van der Waals surface area contributed by atoms with Gasteiger partial charge < -0.3 is 10.5 Å². The van der Waals surface area contributed by atoms with Crippen molar-refractivity contribution < 1.29 is 4.74 Å². The van der Waals surface area contributed by atoms with E-state index >= 15 is 0 Å². The van der Waals surface area contributed by atoms with Gasteiger partial charge in [-0.05, 0) is 47.5 Å². The maximum atomic E-state index is 6.01. The predicted octanol–water partition coefficient (Wildman–Crippen LogP) is 3.39. The SMILES string of the molecule is COc1ccc(Br)c(-n2c(C)c(C)c3c(N)ncnc32)c1. The van der Waals surface area contributed by atoms with Crippen LogP contribution in [-0.2, 0) is 0 Å². The number of nitrogen functional groups attached to an aromatic ring is 1. The third kappa shape index (κ3) is 2.06. The Labute approximate surface area is 130 Å². The van der Waals surface area contributed by atoms with Gasteiger partial charge in [-0.2, -0.15) is 0 Å². The van der Waals surface area contributed by atoms with Crippen LogP contribution in [0.1, 0.15) is 11.3 Å². The maximum Gasteiger partial charge on any atom is 0.150 e. The van der Waals surface area contributed by atoms with Crippen molar-refractivity contribution in [3.63, 3.8) is 0 Å². The van der Waals surface area contributed by atoms with E-state index in [1.165, 1.54) is 6.33 Å². The van der Waals surface area contributed by atoms with Crippen LogP contribution in [0.25, 0.3) is 16.7 Å². The Morgan fingerprint density at radius 1 is 1.24 bits per heavy atom. The van der Waals surface area contributed by atoms with Crippen molar-refractivity contribution in [3.8, 4) is 11.4 Å². The van der Waals surface area contributed by atoms with E-state index < -0.39 is 0 Å². The number of fused-ring (bicyclic) bond motifs is 1. The van der Waals surface area contributed by atoms with Crippen LogP contribution in [-0.4, -0.2) is 21.6 Å². The van der Waals surface area contributed by atoms with E-state index in [4.69, 9.17) is 10.5 Å². The first-order chi connectivity index (χ1) is 10.0. The number of aryl methyl sites for hydroxylation is 1. The monoisotopic (exact) mass is 346 g/mol. The Balaban J connectivity index is 2.41. The highest BCUT2D eigenvalue weighted by molar-refractivity contribution is 9.10. The van der Waals surface area contributed by atoms with E-state index in [-0.39, 0.29) is 0 Å². The topological polar surface area (TPSA) is 66.0 Å². The zero-order chi connectivity index (χ0) is 15.1. The average molecular weight is 347 g/mol. The summed E-state index contributed by atoms with van der Waals surface area (Å²) in [5.41, 5.74) is 9.93. The number of rotatable bonds is 2. The minimum absolute atomic E-state index is 0.498. The van der Waals surface area contributed by atoms with Gasteiger partial charge in [-0.3, -0.25) is 4.57 Å². The van der Waals surface area contributed by atoms with Crippen molar-refractivity contribution in [3.05, 3.63) is 40.3 Å². The molecule has 0 fully saturated rings. The Kier molecular flexibility index (Phi) is 3.33. The summed E-state index contributed by atoms with van der Waals surface area (Å²) in [7, 11) is 1.65. The molecule has 6 heteroatoms. The van der Waals surface area contributed by atoms with E-state index in [0.29, 0.717) is 5.82 Å². The van der Waals surface area contributed by atoms with Gasteiger partial charge in [-0.25, -0.2) is 9.97 Å². The van der Waals surface area contributed by atoms with E-state index in [9.17, 15) is 0 Å². The first-order valence-corrected chi connectivity index (χ1v) is 7.26. The smallest absolute Gasteiger partial charge is 0.150 e. The molecule has 0 aliphatic heterocycles. The lowest BCUT2D eigenvalue weighted by Gasteiger charge is -2.12. The number of benzene rings is 1. The third-order valence-electron chi connectivity index (χ3n) is 3.72. The molecule has 0 spiro atoms. The number of nitrogens with two attached hydrogens (primary N) is 1. The Morgan fingerprint density at radius 2 is 2.00 bits per heavy atom. The molecule has 5 nitrogen and oxygen atoms in total. The van der Waals surface area contributed by atoms with Crippen LogP contribution in [0.2, 0.25) is 0 Å². The molecule has 21 heavy (non-hydrogen) atoms. The van der Waals surface area contributed by atoms with Crippen LogP contribution in [0.3, 0.4) is 0 Å². The summed E-state index contributed by atoms with van der Waals surface area (Å²) < 4.78 is 8.35. The van der Waals surface area contributed by atoms with Gasteiger partial charge in [0.25, 0.3) is 0 Å². The zero-order valence-corrected chi connectivity index (χ0v) is 13.6. The molecule has 0 aliphatic rings. The summed E-state index contributed by atoms with van der Waals surface area (Å²) in [5.74, 6) is 1.28. The molecule has 1 aromatic carbocycles. The number of aromatic nitrogens is 3. The third-order valence-corrected chi connectivity index (χ3v) is 4.39. The Hall–Kier alpha value is -2.08. The molecular formula is C15H15BrN4O. The number of hydrogen-bond acceptors (Lipinski definition) is 4. The van der Waals surface area contributed by atoms with Gasteiger partial charge in [-0.1, -0.05) is 0 Å². The van der Waals surface area contributed by atoms with E-state index in [1.54, 1.807) is 7.11 Å². The lowest BCUT2D eigenvalue weighted by atomic mass is 10.2. The Bertz CT molecular complexity index is 841. The Morgan fingerprint density at radius 3 is 2.71 bits per heavy atom. The van der Waals surface area contributed by atoms with Crippen molar-refractivity contribution in [2.75, 3.05) is 12.8 Å². The highest BCUT2D eigenvalue weighted by Crippen LogP contribution is 2.34. The van der Waals surface area contributed by atoms with Gasteiger partial charge in [-0.15, -0.1) is 0 Å². The summed E-state index contributed by atoms with van der Waals surface area (Å²) in [6, 6.07) is 5.83. The summed E-state index contributed by atoms with van der Waals surface area (Å²) in [4.78, 5) is 8.50. The fraction of sp³-hybridized carbons (Fsp3) is 0.200. The van der Waals surface area contributed by atoms with Crippen molar-refractivity contribution in [1.29, 1.82) is 0 Å². The molecule has 2 heterocycles. The molecule has 0 radical (unpaired) electrons. The second-order valence-corrected chi connectivity index (χ2v) is 5.68. The summed E-state index contributed by atoms with van der Waals surface area (Å²) in [6.45, 7) is 4.07. The second kappa shape index (κ2) is 5.04. The van der Waals surface area contributed by atoms with E-state index in [2.05, 4.69) is 30.5 Å². The molecular weight excluding hydrogens is 332 g/mol. The quantitative estimate of drug-likeness (QED) is 0.772. The van der Waals surface area contributed by atoms with Gasteiger partial charge in [0, 0.05) is 16.2 Å². The molecule has 3 rings (SSSR count). The maximum absolute atomic E-state index is 6.01. The van der Waals surface area contributed by atoms with Crippen molar-refractivity contribution in [1.82, 2.24) is 14.5 Å². The molecule has 108 valence electrons. The van der Waals surface area contributed by atoms with Gasteiger partial charge in [0.1, 0.15) is 17.9 Å². The van der Waals surface area contributed by atoms with E-state index in [0.717, 1.165) is 38.2 Å². The van der Waals surface area contributed by atoms with Gasteiger partial charge in [0.2, 0.25) is 0 Å². The normalized spacial score (nSPS) is 11.0. The molecule has 0 saturated heterocycles. The molecule has 2 N–H and O–H groups in total. The van der Waals surface area contributed by atoms with Crippen molar-refractivity contribution >= 4 is 32.8 Å². The molecule has 0 saturated carbocycles. The van der Waals surface area contributed by atoms with Crippen LogP contribution in [0.5, 0.6) is 5.75 Å². The number of methoxy groups -OCH3 is 1. The summed E-state index contributed by atoms with van der Waals surface area (Å²) >= 11 is 3.59. The molecule has 0 unspecified atom stereocenters. The first-order valence-electron chi connectivity index (χ1n) is 6.46. The average Bonchev–Trinajstić information content (AvgIpc) is 2.73. The predicted molar refractivity (Wildman–Crippen MR) is 87.0 cm³/mol. The van der Waals surface area contributed by atoms with Crippen LogP contribution >= 0.6 is 15.9 Å². The number of nitrogens with zero attached hydrogens (tertiary/aromatic N) is 3. The number of anilines is 1. The molecule has 0 bridgehead atoms. The summed E-state index contributed by atoms with van der Waals surface area (Å²) in [5, 5.41) is 0.893. The van der Waals surface area contributed by atoms with Crippen LogP contribution in [0.15, 0.2) is 29.0 Å². The number of hydrogen-bond donors (Lipinski definition) is 1. The van der Waals surface area contributed by atoms with Gasteiger partial charge >= 0.3 is 0 Å². The summed E-state index contributed by atoms with van der Waals surface area (Å²) in [6.07, 6.45) is 1.49. The zero-order valence-electron chi connectivity index (χ0n) is 12.0. The lowest BCUT2D eigenvalue weighted by Crippen LogP contribution is -2.00. The van der Waals surface area contributed by atoms with Crippen molar-refractivity contribution in [2.45, 2.75) is 13.8 Å². The fourth-order valence-corrected chi connectivity index (χ4v) is 2.94. The second-order valence-electron chi connectivity index (χ2n) is 4.82. The minimum Gasteiger partial charge on any atom is -0.497 e. The van der Waals surface area contributed by atoms with Crippen LogP contribution in [0.4, 0.5) is 5.82 Å². The van der Waals surface area contributed by atoms with E-state index in [1.807, 2.05) is 32.0 Å². The molecule has 0 aliphatic carbocycles. The largest absolute Gasteiger partial charge is 0.497 e. The van der Waals surface area contributed by atoms with Crippen LogP contribution < -0.4 is 10.5 Å². The highest BCUT2D eigenvalue weighted by Gasteiger charge is 2.18. The lowest BCUT2D eigenvalue weighted by molar-refractivity contribution is 0.414. The molecule has 2 aromatic heterocycles. The number of ether oxygens (including phenoxy) is 1. The number of halogens is 1. The van der Waals surface area contributed by atoms with Crippen molar-refractivity contribution in [2.24, 2.45) is 0 Å². The standard InChI is InChI=1S/C15H15BrN4O/c1-8-9(2)20(15-13(8)14(17)18-7-19-15)12-6-10(21-3)4-5-11(12)16/h4-7H,1-3H3,(H2,17,18,19). The molecule has 0 amide bonds. The van der Waals surface area contributed by atoms with Gasteiger partial charge in [0.15, 0.2) is 5.65 Å². The molecule has 3 aromatic rings. The fourth-order valence-electron chi connectivity index (χ4n) is 2.51.